The molecule has 5 rings (SSSR count). The number of hydrogen-bond acceptors (Lipinski definition) is 6. The van der Waals surface area contributed by atoms with Gasteiger partial charge in [0, 0.05) is 32.1 Å². The molecule has 0 saturated carbocycles. The number of rotatable bonds is 10. The van der Waals surface area contributed by atoms with Gasteiger partial charge in [0.2, 0.25) is 5.91 Å². The molecule has 0 radical (unpaired) electrons. The van der Waals surface area contributed by atoms with Crippen LogP contribution in [0.3, 0.4) is 0 Å². The lowest BCUT2D eigenvalue weighted by Gasteiger charge is -2.36. The average Bonchev–Trinajstić information content (AvgIpc) is 3.31. The first-order valence-corrected chi connectivity index (χ1v) is 13.9. The monoisotopic (exact) mass is 557 g/mol. The average molecular weight is 558 g/mol. The lowest BCUT2D eigenvalue weighted by Crippen LogP contribution is -2.58. The van der Waals surface area contributed by atoms with E-state index in [4.69, 9.17) is 14.6 Å². The van der Waals surface area contributed by atoms with Gasteiger partial charge < -0.3 is 24.8 Å². The van der Waals surface area contributed by atoms with Gasteiger partial charge in [-0.1, -0.05) is 78.9 Å². The molecule has 3 aromatic carbocycles. The quantitative estimate of drug-likeness (QED) is 0.391. The molecule has 9 heteroatoms. The molecule has 1 aliphatic carbocycles. The number of carboxylic acids is 1. The number of alkyl carbamates (subject to hydrolysis) is 1. The van der Waals surface area contributed by atoms with E-state index >= 15 is 0 Å². The number of ether oxygens (including phenoxy) is 2. The van der Waals surface area contributed by atoms with Crippen molar-refractivity contribution in [2.45, 2.75) is 31.6 Å². The van der Waals surface area contributed by atoms with E-state index in [2.05, 4.69) is 29.6 Å². The smallest absolute Gasteiger partial charge is 0.407 e. The van der Waals surface area contributed by atoms with Gasteiger partial charge in [-0.3, -0.25) is 14.5 Å². The number of carboxylic acid groups (broad SMARTS) is 1. The molecule has 0 unspecified atom stereocenters. The summed E-state index contributed by atoms with van der Waals surface area (Å²) in [6.45, 7) is 3.71. The molecule has 9 nitrogen and oxygen atoms in total. The highest BCUT2D eigenvalue weighted by Crippen LogP contribution is 2.44. The molecule has 0 aromatic heterocycles. The third-order valence-corrected chi connectivity index (χ3v) is 7.75. The summed E-state index contributed by atoms with van der Waals surface area (Å²) in [4.78, 5) is 41.3. The molecule has 1 heterocycles. The van der Waals surface area contributed by atoms with Crippen molar-refractivity contribution in [2.24, 2.45) is 0 Å². The van der Waals surface area contributed by atoms with Crippen LogP contribution in [0.25, 0.3) is 11.1 Å². The molecule has 1 fully saturated rings. The second kappa shape index (κ2) is 13.0. The van der Waals surface area contributed by atoms with Crippen LogP contribution in [0.2, 0.25) is 0 Å². The van der Waals surface area contributed by atoms with E-state index in [0.29, 0.717) is 26.2 Å². The molecule has 0 bridgehead atoms. The van der Waals surface area contributed by atoms with E-state index in [0.717, 1.165) is 27.8 Å². The maximum atomic E-state index is 13.6. The summed E-state index contributed by atoms with van der Waals surface area (Å²) in [6, 6.07) is 24.9. The number of amides is 2. The van der Waals surface area contributed by atoms with Crippen LogP contribution in [0.4, 0.5) is 4.79 Å². The van der Waals surface area contributed by atoms with Gasteiger partial charge in [0.25, 0.3) is 0 Å². The first kappa shape index (κ1) is 28.3. The summed E-state index contributed by atoms with van der Waals surface area (Å²) in [6.07, 6.45) is -1.33. The van der Waals surface area contributed by atoms with Gasteiger partial charge in [-0.15, -0.1) is 0 Å². The first-order valence-electron chi connectivity index (χ1n) is 13.9. The Bertz CT molecular complexity index is 1330. The van der Waals surface area contributed by atoms with Crippen molar-refractivity contribution in [3.8, 4) is 11.1 Å². The zero-order valence-electron chi connectivity index (χ0n) is 23.1. The Morgan fingerprint density at radius 3 is 2.07 bits per heavy atom. The lowest BCUT2D eigenvalue weighted by atomic mass is 9.98. The van der Waals surface area contributed by atoms with Crippen molar-refractivity contribution >= 4 is 18.0 Å². The Kier molecular flexibility index (Phi) is 8.96. The predicted octanol–water partition coefficient (Wildman–Crippen LogP) is 3.73. The maximum Gasteiger partial charge on any atom is 0.407 e. The summed E-state index contributed by atoms with van der Waals surface area (Å²) >= 11 is 0. The molecule has 3 aromatic rings. The van der Waals surface area contributed by atoms with Gasteiger partial charge >= 0.3 is 12.1 Å². The summed E-state index contributed by atoms with van der Waals surface area (Å²) in [5, 5.41) is 11.9. The minimum Gasteiger partial charge on any atom is -0.480 e. The summed E-state index contributed by atoms with van der Waals surface area (Å²) in [5.41, 5.74) is 5.43. The van der Waals surface area contributed by atoms with Crippen LogP contribution < -0.4 is 5.32 Å². The van der Waals surface area contributed by atoms with Crippen LogP contribution in [0.1, 0.15) is 29.5 Å². The van der Waals surface area contributed by atoms with Crippen LogP contribution in [0.5, 0.6) is 0 Å². The van der Waals surface area contributed by atoms with Crippen molar-refractivity contribution in [1.82, 2.24) is 15.1 Å². The van der Waals surface area contributed by atoms with Crippen molar-refractivity contribution in [1.29, 1.82) is 0 Å². The number of nitrogens with zero attached hydrogens (tertiary/aromatic N) is 2. The third-order valence-electron chi connectivity index (χ3n) is 7.75. The number of nitrogens with one attached hydrogen (secondary N) is 1. The number of fused-ring (bicyclic) bond motifs is 3. The standard InChI is InChI=1S/C32H35N3O6/c1-22(40-20-23-9-3-2-4-10-23)30(31(38)35-17-15-34(16-18-35)19-29(36)37)33-32(39)41-21-28-26-13-7-5-11-24(26)25-12-6-8-14-27(25)28/h2-14,22,28,30H,15-21H2,1H3,(H,33,39)(H,36,37)/t22-,30+/m0/s1. The van der Waals surface area contributed by atoms with E-state index in [9.17, 15) is 14.4 Å². The van der Waals surface area contributed by atoms with Crippen LogP contribution >= 0.6 is 0 Å². The van der Waals surface area contributed by atoms with Crippen LogP contribution in [-0.2, 0) is 25.7 Å². The van der Waals surface area contributed by atoms with Gasteiger partial charge in [0.15, 0.2) is 0 Å². The van der Waals surface area contributed by atoms with Gasteiger partial charge in [-0.05, 0) is 34.7 Å². The fraction of sp³-hybridized carbons (Fsp3) is 0.344. The largest absolute Gasteiger partial charge is 0.480 e. The lowest BCUT2D eigenvalue weighted by molar-refractivity contribution is -0.141. The summed E-state index contributed by atoms with van der Waals surface area (Å²) in [5.74, 6) is -1.28. The van der Waals surface area contributed by atoms with E-state index in [-0.39, 0.29) is 31.6 Å². The maximum absolute atomic E-state index is 13.6. The van der Waals surface area contributed by atoms with Crippen LogP contribution in [0, 0.1) is 0 Å². The van der Waals surface area contributed by atoms with Gasteiger partial charge in [0.1, 0.15) is 12.6 Å². The molecule has 2 atom stereocenters. The Labute approximate surface area is 239 Å². The topological polar surface area (TPSA) is 108 Å². The van der Waals surface area contributed by atoms with Crippen LogP contribution in [0.15, 0.2) is 78.9 Å². The number of carbonyl (C=O) groups excluding carboxylic acids is 2. The molecule has 1 aliphatic heterocycles. The van der Waals surface area contributed by atoms with Crippen molar-refractivity contribution < 1.29 is 29.0 Å². The predicted molar refractivity (Wildman–Crippen MR) is 153 cm³/mol. The minimum atomic E-state index is -0.972. The number of benzene rings is 3. The molecular weight excluding hydrogens is 522 g/mol. The minimum absolute atomic E-state index is 0.0694. The second-order valence-corrected chi connectivity index (χ2v) is 10.4. The third kappa shape index (κ3) is 6.75. The highest BCUT2D eigenvalue weighted by atomic mass is 16.5. The van der Waals surface area contributed by atoms with E-state index < -0.39 is 24.2 Å². The Hall–Kier alpha value is -4.21. The van der Waals surface area contributed by atoms with Gasteiger partial charge in [0.05, 0.1) is 19.3 Å². The van der Waals surface area contributed by atoms with Gasteiger partial charge in [-0.25, -0.2) is 4.79 Å². The Morgan fingerprint density at radius 1 is 0.878 bits per heavy atom. The summed E-state index contributed by atoms with van der Waals surface area (Å²) in [7, 11) is 0. The second-order valence-electron chi connectivity index (χ2n) is 10.4. The van der Waals surface area contributed by atoms with E-state index in [1.807, 2.05) is 54.6 Å². The fourth-order valence-corrected chi connectivity index (χ4v) is 5.56. The normalized spacial score (nSPS) is 16.4. The number of hydrogen-bond donors (Lipinski definition) is 2. The first-order chi connectivity index (χ1) is 19.9. The van der Waals surface area contributed by atoms with Crippen LogP contribution in [-0.4, -0.2) is 84.4 Å². The zero-order valence-corrected chi connectivity index (χ0v) is 23.1. The van der Waals surface area contributed by atoms with Crippen molar-refractivity contribution in [3.63, 3.8) is 0 Å². The molecular formula is C32H35N3O6. The highest BCUT2D eigenvalue weighted by molar-refractivity contribution is 5.86. The number of carbonyl (C=O) groups is 3. The zero-order chi connectivity index (χ0) is 28.8. The fourth-order valence-electron chi connectivity index (χ4n) is 5.56. The number of aliphatic carboxylic acids is 1. The number of piperazine rings is 1. The molecule has 2 N–H and O–H groups in total. The SMILES string of the molecule is C[C@H](OCc1ccccc1)[C@@H](NC(=O)OCC1c2ccccc2-c2ccccc21)C(=O)N1CCN(CC(=O)O)CC1. The molecule has 214 valence electrons. The Morgan fingerprint density at radius 2 is 1.46 bits per heavy atom. The molecule has 2 amide bonds. The summed E-state index contributed by atoms with van der Waals surface area (Å²) < 4.78 is 11.8. The van der Waals surface area contributed by atoms with Crippen molar-refractivity contribution in [3.05, 3.63) is 95.6 Å². The molecule has 0 spiro atoms. The molecule has 41 heavy (non-hydrogen) atoms. The highest BCUT2D eigenvalue weighted by Gasteiger charge is 2.35. The van der Waals surface area contributed by atoms with E-state index in [1.165, 1.54) is 0 Å². The Balaban J connectivity index is 1.25. The van der Waals surface area contributed by atoms with Gasteiger partial charge in [-0.2, -0.15) is 0 Å². The van der Waals surface area contributed by atoms with E-state index in [1.54, 1.807) is 16.7 Å². The molecule has 1 saturated heterocycles. The van der Waals surface area contributed by atoms with Crippen molar-refractivity contribution in [2.75, 3.05) is 39.3 Å². The molecule has 2 aliphatic rings.